The van der Waals surface area contributed by atoms with Gasteiger partial charge in [-0.1, -0.05) is 73.6 Å². The quantitative estimate of drug-likeness (QED) is 0.291. The number of allylic oxidation sites excluding steroid dienone is 1. The average Bonchev–Trinajstić information content (AvgIpc) is 2.85. The van der Waals surface area contributed by atoms with Gasteiger partial charge < -0.3 is 10.2 Å². The van der Waals surface area contributed by atoms with Crippen LogP contribution in [0, 0.1) is 40.4 Å². The van der Waals surface area contributed by atoms with Crippen LogP contribution in [0.25, 0.3) is 0 Å². The summed E-state index contributed by atoms with van der Waals surface area (Å²) in [7, 11) is 0. The number of phenols is 1. The lowest BCUT2D eigenvalue weighted by atomic mass is 9.39. The first kappa shape index (κ1) is 33.0. The van der Waals surface area contributed by atoms with Gasteiger partial charge in [-0.15, -0.1) is 0 Å². The highest BCUT2D eigenvalue weighted by atomic mass is 16.3. The van der Waals surface area contributed by atoms with E-state index in [0.29, 0.717) is 23.5 Å². The summed E-state index contributed by atoms with van der Waals surface area (Å²) in [5.41, 5.74) is -2.10. The minimum atomic E-state index is -2.69. The fourth-order valence-corrected chi connectivity index (χ4v) is 8.79. The molecule has 7 heteroatoms. The number of carbonyl (C=O) groups excluding carboxylic acids is 5. The predicted molar refractivity (Wildman–Crippen MR) is 164 cm³/mol. The second kappa shape index (κ2) is 10.9. The number of hydrogen-bond acceptors (Lipinski definition) is 7. The number of rotatable bonds is 8. The van der Waals surface area contributed by atoms with E-state index in [1.54, 1.807) is 20.8 Å². The predicted octanol–water partition coefficient (Wildman–Crippen LogP) is 5.75. The Kier molecular flexibility index (Phi) is 8.36. The third-order valence-corrected chi connectivity index (χ3v) is 10.6. The molecule has 3 aliphatic rings. The first-order valence-electron chi connectivity index (χ1n) is 15.7. The maximum absolute atomic E-state index is 14.5. The molecule has 0 saturated heterocycles. The zero-order chi connectivity index (χ0) is 32.6. The number of phenolic OH excluding ortho intramolecular Hbond substituents is 1. The molecule has 0 radical (unpaired) electrons. The van der Waals surface area contributed by atoms with Crippen LogP contribution in [0.4, 0.5) is 0 Å². The van der Waals surface area contributed by atoms with Crippen LogP contribution < -0.4 is 0 Å². The van der Waals surface area contributed by atoms with Crippen LogP contribution in [-0.4, -0.2) is 44.7 Å². The van der Waals surface area contributed by atoms with Crippen LogP contribution in [0.2, 0.25) is 0 Å². The second-order valence-electron chi connectivity index (χ2n) is 15.2. The highest BCUT2D eigenvalue weighted by Gasteiger charge is 2.76. The summed E-state index contributed by atoms with van der Waals surface area (Å²) in [6.45, 7) is 20.6. The van der Waals surface area contributed by atoms with Gasteiger partial charge in [-0.3, -0.25) is 24.0 Å². The van der Waals surface area contributed by atoms with Crippen molar-refractivity contribution in [2.75, 3.05) is 0 Å². The van der Waals surface area contributed by atoms with Gasteiger partial charge >= 0.3 is 0 Å². The zero-order valence-electron chi connectivity index (χ0n) is 27.2. The molecule has 7 nitrogen and oxygen atoms in total. The molecule has 0 bridgehead atoms. The van der Waals surface area contributed by atoms with Crippen molar-refractivity contribution in [2.45, 2.75) is 106 Å². The number of hydrogen-bond donors (Lipinski definition) is 2. The molecule has 0 spiro atoms. The molecule has 4 rings (SSSR count). The fourth-order valence-electron chi connectivity index (χ4n) is 8.79. The minimum Gasteiger partial charge on any atom is -0.507 e. The highest BCUT2D eigenvalue weighted by molar-refractivity contribution is 6.32. The number of carbonyl (C=O) groups is 5. The monoisotopic (exact) mass is 592 g/mol. The molecule has 3 aliphatic carbocycles. The Morgan fingerprint density at radius 3 is 2.16 bits per heavy atom. The van der Waals surface area contributed by atoms with Gasteiger partial charge in [0.25, 0.3) is 0 Å². The summed E-state index contributed by atoms with van der Waals surface area (Å²) in [6.07, 6.45) is 2.42. The topological polar surface area (TPSA) is 126 Å². The summed E-state index contributed by atoms with van der Waals surface area (Å²) in [5, 5.41) is 23.8. The highest BCUT2D eigenvalue weighted by Crippen LogP contribution is 2.64. The first-order chi connectivity index (χ1) is 19.7. The minimum absolute atomic E-state index is 0.00867. The van der Waals surface area contributed by atoms with Crippen molar-refractivity contribution in [1.29, 1.82) is 0 Å². The van der Waals surface area contributed by atoms with Crippen molar-refractivity contribution in [3.05, 3.63) is 40.5 Å². The van der Waals surface area contributed by atoms with E-state index in [-0.39, 0.29) is 36.0 Å². The van der Waals surface area contributed by atoms with Crippen molar-refractivity contribution >= 4 is 28.9 Å². The Labute approximate surface area is 255 Å². The average molecular weight is 593 g/mol. The van der Waals surface area contributed by atoms with Gasteiger partial charge in [0, 0.05) is 11.3 Å². The molecule has 0 heterocycles. The van der Waals surface area contributed by atoms with Gasteiger partial charge in [0.2, 0.25) is 0 Å². The first-order valence-corrected chi connectivity index (χ1v) is 15.7. The van der Waals surface area contributed by atoms with Crippen LogP contribution in [0.15, 0.2) is 18.2 Å². The van der Waals surface area contributed by atoms with Crippen molar-refractivity contribution < 1.29 is 34.2 Å². The molecule has 234 valence electrons. The maximum Gasteiger partial charge on any atom is 0.190 e. The van der Waals surface area contributed by atoms with Crippen molar-refractivity contribution in [3.8, 4) is 5.75 Å². The molecule has 2 saturated carbocycles. The SMILES string of the molecule is C=C(CCC(C)C)Cc1cc(C(C)C)c2c(c1O)C(=O)C1C(=O)[C@@]3(O)C(=O)C(C(C)=O)C(=O)C(C(C)C)[C@@]3(C)C[C@@]1(C)C2. The molecule has 1 aromatic rings. The van der Waals surface area contributed by atoms with E-state index in [1.165, 1.54) is 0 Å². The number of ketones is 5. The second-order valence-corrected chi connectivity index (χ2v) is 15.2. The Morgan fingerprint density at radius 2 is 1.65 bits per heavy atom. The Balaban J connectivity index is 1.92. The van der Waals surface area contributed by atoms with Gasteiger partial charge in [-0.05, 0) is 78.9 Å². The normalized spacial score (nSPS) is 32.3. The van der Waals surface area contributed by atoms with E-state index < -0.39 is 63.1 Å². The van der Waals surface area contributed by atoms with Gasteiger partial charge in [-0.2, -0.15) is 0 Å². The van der Waals surface area contributed by atoms with Crippen LogP contribution >= 0.6 is 0 Å². The van der Waals surface area contributed by atoms with Crippen molar-refractivity contribution in [3.63, 3.8) is 0 Å². The summed E-state index contributed by atoms with van der Waals surface area (Å²) in [5.74, 6) is -8.18. The van der Waals surface area contributed by atoms with Gasteiger partial charge in [-0.25, -0.2) is 0 Å². The van der Waals surface area contributed by atoms with E-state index in [1.807, 2.05) is 26.8 Å². The zero-order valence-corrected chi connectivity index (χ0v) is 27.2. The standard InChI is InChI=1S/C36H48O7/c1-17(2)11-12-20(7)13-22-14-23(18(3)4)24-15-34(9)16-35(10)27(19(5)6)30(39)25(21(8)37)32(41)36(35,43)33(42)28(34)31(40)26(24)29(22)38/h14,17-19,25,27-28,38,43H,7,11-13,15-16H2,1-6,8-10H3/t25?,27?,28?,34-,35-,36+/m1/s1. The van der Waals surface area contributed by atoms with Gasteiger partial charge in [0.1, 0.15) is 17.5 Å². The largest absolute Gasteiger partial charge is 0.507 e. The molecule has 6 atom stereocenters. The number of fused-ring (bicyclic) bond motifs is 3. The fraction of sp³-hybridized carbons (Fsp3) is 0.639. The van der Waals surface area contributed by atoms with E-state index in [2.05, 4.69) is 20.4 Å². The molecular formula is C36H48O7. The molecular weight excluding hydrogens is 544 g/mol. The lowest BCUT2D eigenvalue weighted by Gasteiger charge is -2.62. The van der Waals surface area contributed by atoms with Crippen LogP contribution in [0.3, 0.4) is 0 Å². The maximum atomic E-state index is 14.5. The Hall–Kier alpha value is -2.93. The summed E-state index contributed by atoms with van der Waals surface area (Å²) in [4.78, 5) is 69.1. The molecule has 3 unspecified atom stereocenters. The third kappa shape index (κ3) is 4.77. The van der Waals surface area contributed by atoms with Crippen LogP contribution in [0.5, 0.6) is 5.75 Å². The lowest BCUT2D eigenvalue weighted by molar-refractivity contribution is -0.205. The van der Waals surface area contributed by atoms with E-state index in [4.69, 9.17) is 0 Å². The summed E-state index contributed by atoms with van der Waals surface area (Å²) >= 11 is 0. The number of benzene rings is 1. The Bertz CT molecular complexity index is 1430. The van der Waals surface area contributed by atoms with Crippen molar-refractivity contribution in [1.82, 2.24) is 0 Å². The molecule has 0 aromatic heterocycles. The molecule has 0 amide bonds. The molecule has 43 heavy (non-hydrogen) atoms. The summed E-state index contributed by atoms with van der Waals surface area (Å²) in [6, 6.07) is 1.95. The molecule has 2 N–H and O–H groups in total. The molecule has 1 aromatic carbocycles. The van der Waals surface area contributed by atoms with Crippen molar-refractivity contribution in [2.24, 2.45) is 40.4 Å². The van der Waals surface area contributed by atoms with E-state index in [9.17, 15) is 34.2 Å². The molecule has 2 fully saturated rings. The summed E-state index contributed by atoms with van der Waals surface area (Å²) < 4.78 is 0. The van der Waals surface area contributed by atoms with E-state index in [0.717, 1.165) is 30.9 Å². The number of aromatic hydroxyl groups is 1. The van der Waals surface area contributed by atoms with Gasteiger partial charge in [0.05, 0.1) is 11.5 Å². The smallest absolute Gasteiger partial charge is 0.190 e. The van der Waals surface area contributed by atoms with Crippen LogP contribution in [0.1, 0.15) is 115 Å². The van der Waals surface area contributed by atoms with Crippen LogP contribution in [-0.2, 0) is 32.0 Å². The Morgan fingerprint density at radius 1 is 1.05 bits per heavy atom. The number of Topliss-reactive ketones (excluding diaryl/α,β-unsaturated/α-hetero) is 5. The van der Waals surface area contributed by atoms with Gasteiger partial charge in [0.15, 0.2) is 28.7 Å². The lowest BCUT2D eigenvalue weighted by Crippen LogP contribution is -2.76. The van der Waals surface area contributed by atoms with E-state index >= 15 is 0 Å². The number of aliphatic hydroxyl groups is 1. The third-order valence-electron chi connectivity index (χ3n) is 10.6. The molecule has 0 aliphatic heterocycles.